The number of aliphatic hydroxyl groups is 2. The first-order chi connectivity index (χ1) is 26.3. The number of esters is 2. The fourth-order valence-electron chi connectivity index (χ4n) is 6.01. The molecule has 0 radical (unpaired) electrons. The summed E-state index contributed by atoms with van der Waals surface area (Å²) in [6.07, 6.45) is 38.6. The summed E-state index contributed by atoms with van der Waals surface area (Å²) in [4.78, 5) is 34.5. The van der Waals surface area contributed by atoms with Gasteiger partial charge < -0.3 is 24.6 Å². The number of aliphatic hydroxyl groups excluding tert-OH is 2. The maximum absolute atomic E-state index is 12.4. The minimum Gasteiger partial charge on any atom is -0.457 e. The summed E-state index contributed by atoms with van der Waals surface area (Å²) >= 11 is 0. The highest BCUT2D eigenvalue weighted by molar-refractivity contribution is 7.47. The SMILES string of the molecule is CCCC/C=C\C/C=C\CCCCCCCC(=O)OC(CO)COP(=O)(O)OCC(CO)OC(=O)CCCCCCCCCCCCCCCCCCC. The molecule has 0 bridgehead atoms. The lowest BCUT2D eigenvalue weighted by Crippen LogP contribution is -2.28. The Labute approximate surface area is 329 Å². The van der Waals surface area contributed by atoms with Gasteiger partial charge >= 0.3 is 19.8 Å². The Balaban J connectivity index is 3.91. The van der Waals surface area contributed by atoms with Gasteiger partial charge in [-0.2, -0.15) is 0 Å². The van der Waals surface area contributed by atoms with Crippen LogP contribution in [0.2, 0.25) is 0 Å². The Morgan fingerprint density at radius 1 is 0.500 bits per heavy atom. The average Bonchev–Trinajstić information content (AvgIpc) is 3.16. The second kappa shape index (κ2) is 39.7. The number of allylic oxidation sites excluding steroid dienone is 4. The van der Waals surface area contributed by atoms with Gasteiger partial charge in [-0.15, -0.1) is 0 Å². The molecule has 3 N–H and O–H groups in total. The van der Waals surface area contributed by atoms with E-state index in [1.54, 1.807) is 0 Å². The molecule has 3 unspecified atom stereocenters. The van der Waals surface area contributed by atoms with Gasteiger partial charge in [-0.3, -0.25) is 18.6 Å². The number of unbranched alkanes of at least 4 members (excludes halogenated alkanes) is 23. The Morgan fingerprint density at radius 3 is 1.20 bits per heavy atom. The third-order valence-electron chi connectivity index (χ3n) is 9.42. The standard InChI is InChI=1S/C43H81O10P/c1-3-5-7-9-11-13-15-17-19-20-21-23-25-27-29-31-33-35-43(47)53-41(37-45)39-51-54(48,49)50-38-40(36-44)52-42(46)34-32-30-28-26-24-22-18-16-14-12-10-8-6-4-2/h10,12,16,18,40-41,44-45H,3-9,11,13-15,17,19-39H2,1-2H3,(H,48,49)/b12-10-,18-16-. The molecule has 0 aromatic heterocycles. The highest BCUT2D eigenvalue weighted by atomic mass is 31.2. The van der Waals surface area contributed by atoms with Gasteiger partial charge in [0.2, 0.25) is 0 Å². The quantitative estimate of drug-likeness (QED) is 0.0236. The zero-order valence-corrected chi connectivity index (χ0v) is 35.3. The number of phosphoric ester groups is 1. The summed E-state index contributed by atoms with van der Waals surface area (Å²) in [7, 11) is -4.63. The third kappa shape index (κ3) is 37.4. The lowest BCUT2D eigenvalue weighted by molar-refractivity contribution is -0.153. The van der Waals surface area contributed by atoms with Gasteiger partial charge in [-0.05, 0) is 38.5 Å². The summed E-state index contributed by atoms with van der Waals surface area (Å²) in [5.41, 5.74) is 0. The van der Waals surface area contributed by atoms with Crippen molar-refractivity contribution in [2.45, 2.75) is 212 Å². The van der Waals surface area contributed by atoms with Crippen LogP contribution in [-0.2, 0) is 32.7 Å². The van der Waals surface area contributed by atoms with Gasteiger partial charge in [-0.1, -0.05) is 173 Å². The second-order valence-corrected chi connectivity index (χ2v) is 16.1. The van der Waals surface area contributed by atoms with E-state index in [-0.39, 0.29) is 12.8 Å². The van der Waals surface area contributed by atoms with Gasteiger partial charge in [0.25, 0.3) is 0 Å². The zero-order valence-electron chi connectivity index (χ0n) is 34.4. The molecule has 0 amide bonds. The molecule has 10 nitrogen and oxygen atoms in total. The zero-order chi connectivity index (χ0) is 39.8. The predicted octanol–water partition coefficient (Wildman–Crippen LogP) is 11.4. The highest BCUT2D eigenvalue weighted by Crippen LogP contribution is 2.43. The van der Waals surface area contributed by atoms with E-state index in [0.29, 0.717) is 12.8 Å². The van der Waals surface area contributed by atoms with E-state index in [1.165, 1.54) is 96.3 Å². The Hall–Kier alpha value is -1.55. The van der Waals surface area contributed by atoms with Crippen molar-refractivity contribution < 1.29 is 47.8 Å². The minimum absolute atomic E-state index is 0.178. The van der Waals surface area contributed by atoms with Crippen LogP contribution < -0.4 is 0 Å². The van der Waals surface area contributed by atoms with Crippen molar-refractivity contribution >= 4 is 19.8 Å². The maximum atomic E-state index is 12.4. The molecule has 0 aliphatic carbocycles. The predicted molar refractivity (Wildman–Crippen MR) is 219 cm³/mol. The number of hydrogen-bond acceptors (Lipinski definition) is 9. The molecule has 0 saturated carbocycles. The highest BCUT2D eigenvalue weighted by Gasteiger charge is 2.27. The molecule has 0 saturated heterocycles. The summed E-state index contributed by atoms with van der Waals surface area (Å²) in [5.74, 6) is -1.03. The van der Waals surface area contributed by atoms with E-state index < -0.39 is 58.4 Å². The van der Waals surface area contributed by atoms with Crippen LogP contribution in [0.3, 0.4) is 0 Å². The third-order valence-corrected chi connectivity index (χ3v) is 10.4. The molecule has 11 heteroatoms. The Bertz CT molecular complexity index is 957. The lowest BCUT2D eigenvalue weighted by atomic mass is 10.0. The molecule has 0 fully saturated rings. The fourth-order valence-corrected chi connectivity index (χ4v) is 6.80. The van der Waals surface area contributed by atoms with Crippen LogP contribution in [0.1, 0.15) is 200 Å². The average molecular weight is 789 g/mol. The number of hydrogen-bond donors (Lipinski definition) is 3. The lowest BCUT2D eigenvalue weighted by Gasteiger charge is -2.20. The van der Waals surface area contributed by atoms with Crippen LogP contribution in [0.15, 0.2) is 24.3 Å². The van der Waals surface area contributed by atoms with Gasteiger partial charge in [-0.25, -0.2) is 4.57 Å². The van der Waals surface area contributed by atoms with Crippen LogP contribution >= 0.6 is 7.82 Å². The Morgan fingerprint density at radius 2 is 0.833 bits per heavy atom. The van der Waals surface area contributed by atoms with Crippen molar-refractivity contribution in [1.82, 2.24) is 0 Å². The summed E-state index contributed by atoms with van der Waals surface area (Å²) in [6, 6.07) is 0. The maximum Gasteiger partial charge on any atom is 0.472 e. The van der Waals surface area contributed by atoms with Crippen molar-refractivity contribution in [2.24, 2.45) is 0 Å². The van der Waals surface area contributed by atoms with Gasteiger partial charge in [0.15, 0.2) is 0 Å². The largest absolute Gasteiger partial charge is 0.472 e. The molecule has 318 valence electrons. The van der Waals surface area contributed by atoms with E-state index in [0.717, 1.165) is 64.2 Å². The first-order valence-electron chi connectivity index (χ1n) is 21.8. The van der Waals surface area contributed by atoms with Crippen molar-refractivity contribution in [3.63, 3.8) is 0 Å². The van der Waals surface area contributed by atoms with Crippen LogP contribution in [0.5, 0.6) is 0 Å². The molecule has 0 heterocycles. The fraction of sp³-hybridized carbons (Fsp3) is 0.860. The first kappa shape index (κ1) is 52.5. The topological polar surface area (TPSA) is 149 Å². The number of rotatable bonds is 41. The van der Waals surface area contributed by atoms with E-state index in [9.17, 15) is 29.3 Å². The van der Waals surface area contributed by atoms with E-state index in [1.807, 2.05) is 0 Å². The van der Waals surface area contributed by atoms with Crippen LogP contribution in [0.4, 0.5) is 0 Å². The molecule has 0 aromatic rings. The molecule has 0 rings (SSSR count). The summed E-state index contributed by atoms with van der Waals surface area (Å²) in [6.45, 7) is 2.17. The normalized spacial score (nSPS) is 14.1. The number of ether oxygens (including phenoxy) is 2. The molecule has 0 spiro atoms. The van der Waals surface area contributed by atoms with E-state index in [2.05, 4.69) is 38.2 Å². The van der Waals surface area contributed by atoms with Gasteiger partial charge in [0.05, 0.1) is 26.4 Å². The summed E-state index contributed by atoms with van der Waals surface area (Å²) < 4.78 is 32.5. The molecule has 54 heavy (non-hydrogen) atoms. The molecule has 0 aliphatic heterocycles. The monoisotopic (exact) mass is 789 g/mol. The summed E-state index contributed by atoms with van der Waals surface area (Å²) in [5, 5.41) is 19.1. The number of phosphoric acid groups is 1. The van der Waals surface area contributed by atoms with Crippen LogP contribution in [-0.4, -0.2) is 65.7 Å². The van der Waals surface area contributed by atoms with Gasteiger partial charge in [0, 0.05) is 12.8 Å². The molecule has 3 atom stereocenters. The van der Waals surface area contributed by atoms with Crippen molar-refractivity contribution in [3.05, 3.63) is 24.3 Å². The minimum atomic E-state index is -4.63. The number of carbonyl (C=O) groups excluding carboxylic acids is 2. The van der Waals surface area contributed by atoms with Crippen molar-refractivity contribution in [2.75, 3.05) is 26.4 Å². The van der Waals surface area contributed by atoms with Crippen molar-refractivity contribution in [1.29, 1.82) is 0 Å². The van der Waals surface area contributed by atoms with Gasteiger partial charge in [0.1, 0.15) is 12.2 Å². The molecular weight excluding hydrogens is 707 g/mol. The molecule has 0 aliphatic rings. The van der Waals surface area contributed by atoms with E-state index >= 15 is 0 Å². The molecule has 0 aromatic carbocycles. The van der Waals surface area contributed by atoms with Crippen LogP contribution in [0.25, 0.3) is 0 Å². The first-order valence-corrected chi connectivity index (χ1v) is 23.3. The molecular formula is C43H81O10P. The second-order valence-electron chi connectivity index (χ2n) is 14.7. The smallest absolute Gasteiger partial charge is 0.457 e. The van der Waals surface area contributed by atoms with Crippen LogP contribution in [0, 0.1) is 0 Å². The van der Waals surface area contributed by atoms with Crippen molar-refractivity contribution in [3.8, 4) is 0 Å². The Kier molecular flexibility index (Phi) is 38.5. The number of carbonyl (C=O) groups is 2. The van der Waals surface area contributed by atoms with E-state index in [4.69, 9.17) is 18.5 Å².